The highest BCUT2D eigenvalue weighted by atomic mass is 32.2. The van der Waals surface area contributed by atoms with Crippen LogP contribution in [0.5, 0.6) is 0 Å². The number of halogens is 2. The normalized spacial score (nSPS) is 18.4. The van der Waals surface area contributed by atoms with E-state index in [1.807, 2.05) is 11.8 Å². The smallest absolute Gasteiger partial charge is 0.287 e. The molecule has 1 fully saturated rings. The Morgan fingerprint density at radius 3 is 2.62 bits per heavy atom. The van der Waals surface area contributed by atoms with E-state index in [-0.39, 0.29) is 5.91 Å². The predicted octanol–water partition coefficient (Wildman–Crippen LogP) is 1.26. The molecule has 0 bridgehead atoms. The molecule has 2 N–H and O–H groups in total. The zero-order chi connectivity index (χ0) is 12.0. The van der Waals surface area contributed by atoms with Gasteiger partial charge in [-0.1, -0.05) is 0 Å². The van der Waals surface area contributed by atoms with Gasteiger partial charge < -0.3 is 10.4 Å². The summed E-state index contributed by atoms with van der Waals surface area (Å²) in [5.41, 5.74) is 0. The molecule has 6 heteroatoms. The SMILES string of the molecule is O=C(CC1CCSCC1)NCC(F)(F)CO. The Morgan fingerprint density at radius 1 is 1.44 bits per heavy atom. The molecule has 0 aromatic rings. The van der Waals surface area contributed by atoms with Gasteiger partial charge in [-0.3, -0.25) is 4.79 Å². The summed E-state index contributed by atoms with van der Waals surface area (Å²) >= 11 is 1.86. The monoisotopic (exact) mass is 253 g/mol. The van der Waals surface area contributed by atoms with Gasteiger partial charge in [-0.05, 0) is 30.3 Å². The maximum Gasteiger partial charge on any atom is 0.287 e. The number of hydrogen-bond acceptors (Lipinski definition) is 3. The lowest BCUT2D eigenvalue weighted by molar-refractivity contribution is -0.125. The maximum atomic E-state index is 12.6. The van der Waals surface area contributed by atoms with Crippen molar-refractivity contribution >= 4 is 17.7 Å². The fourth-order valence-electron chi connectivity index (χ4n) is 1.57. The van der Waals surface area contributed by atoms with Crippen molar-refractivity contribution in [2.24, 2.45) is 5.92 Å². The van der Waals surface area contributed by atoms with Gasteiger partial charge in [-0.2, -0.15) is 11.8 Å². The number of amides is 1. The van der Waals surface area contributed by atoms with E-state index in [0.717, 1.165) is 24.3 Å². The summed E-state index contributed by atoms with van der Waals surface area (Å²) in [7, 11) is 0. The van der Waals surface area contributed by atoms with Crippen molar-refractivity contribution in [3.8, 4) is 0 Å². The summed E-state index contributed by atoms with van der Waals surface area (Å²) in [6, 6.07) is 0. The highest BCUT2D eigenvalue weighted by molar-refractivity contribution is 7.99. The predicted molar refractivity (Wildman–Crippen MR) is 59.7 cm³/mol. The van der Waals surface area contributed by atoms with Crippen LogP contribution in [-0.2, 0) is 4.79 Å². The molecule has 1 rings (SSSR count). The van der Waals surface area contributed by atoms with Crippen molar-refractivity contribution in [1.82, 2.24) is 5.32 Å². The molecule has 0 spiro atoms. The highest BCUT2D eigenvalue weighted by Crippen LogP contribution is 2.25. The van der Waals surface area contributed by atoms with Gasteiger partial charge in [0.05, 0.1) is 6.54 Å². The molecule has 0 saturated carbocycles. The van der Waals surface area contributed by atoms with Gasteiger partial charge in [0.25, 0.3) is 5.92 Å². The molecule has 0 aromatic heterocycles. The van der Waals surface area contributed by atoms with Crippen LogP contribution in [0.15, 0.2) is 0 Å². The lowest BCUT2D eigenvalue weighted by atomic mass is 9.98. The fourth-order valence-corrected chi connectivity index (χ4v) is 2.77. The molecule has 0 radical (unpaired) electrons. The molecule has 0 unspecified atom stereocenters. The molecule has 0 aromatic carbocycles. The number of aliphatic hydroxyl groups excluding tert-OH is 1. The Morgan fingerprint density at radius 2 is 2.06 bits per heavy atom. The summed E-state index contributed by atoms with van der Waals surface area (Å²) in [5.74, 6) is -1.14. The number of rotatable bonds is 5. The summed E-state index contributed by atoms with van der Waals surface area (Å²) in [6.07, 6.45) is 2.28. The first-order chi connectivity index (χ1) is 7.53. The minimum absolute atomic E-state index is 0.321. The Bertz CT molecular complexity index is 233. The van der Waals surface area contributed by atoms with Crippen LogP contribution in [0.2, 0.25) is 0 Å². The van der Waals surface area contributed by atoms with Crippen molar-refractivity contribution in [3.05, 3.63) is 0 Å². The Hall–Kier alpha value is -0.360. The van der Waals surface area contributed by atoms with E-state index in [2.05, 4.69) is 5.32 Å². The third-order valence-electron chi connectivity index (χ3n) is 2.59. The number of aliphatic hydroxyl groups is 1. The quantitative estimate of drug-likeness (QED) is 0.775. The van der Waals surface area contributed by atoms with Gasteiger partial charge in [0.15, 0.2) is 0 Å². The summed E-state index contributed by atoms with van der Waals surface area (Å²) in [6.45, 7) is -2.00. The first-order valence-corrected chi connectivity index (χ1v) is 6.52. The van der Waals surface area contributed by atoms with Gasteiger partial charge in [-0.15, -0.1) is 0 Å². The maximum absolute atomic E-state index is 12.6. The molecule has 1 heterocycles. The molecule has 3 nitrogen and oxygen atoms in total. The number of carbonyl (C=O) groups is 1. The van der Waals surface area contributed by atoms with Crippen molar-refractivity contribution in [3.63, 3.8) is 0 Å². The average Bonchev–Trinajstić information content (AvgIpc) is 2.28. The van der Waals surface area contributed by atoms with E-state index in [1.54, 1.807) is 0 Å². The van der Waals surface area contributed by atoms with E-state index in [0.29, 0.717) is 12.3 Å². The molecule has 0 aliphatic carbocycles. The van der Waals surface area contributed by atoms with Gasteiger partial charge in [-0.25, -0.2) is 8.78 Å². The first kappa shape index (κ1) is 13.7. The van der Waals surface area contributed by atoms with Crippen LogP contribution < -0.4 is 5.32 Å². The first-order valence-electron chi connectivity index (χ1n) is 5.36. The van der Waals surface area contributed by atoms with E-state index < -0.39 is 19.1 Å². The van der Waals surface area contributed by atoms with E-state index >= 15 is 0 Å². The van der Waals surface area contributed by atoms with Crippen molar-refractivity contribution in [2.45, 2.75) is 25.2 Å². The molecular formula is C10H17F2NO2S. The highest BCUT2D eigenvalue weighted by Gasteiger charge is 2.28. The Labute approximate surface area is 98.0 Å². The van der Waals surface area contributed by atoms with Crippen LogP contribution in [-0.4, -0.2) is 41.6 Å². The molecule has 1 aliphatic heterocycles. The Kier molecular flexibility index (Phi) is 5.48. The molecule has 0 atom stereocenters. The van der Waals surface area contributed by atoms with Gasteiger partial charge in [0.1, 0.15) is 6.61 Å². The van der Waals surface area contributed by atoms with Crippen LogP contribution in [0, 0.1) is 5.92 Å². The van der Waals surface area contributed by atoms with E-state index in [9.17, 15) is 13.6 Å². The van der Waals surface area contributed by atoms with Crippen LogP contribution in [0.4, 0.5) is 8.78 Å². The standard InChI is InChI=1S/C10H17F2NO2S/c11-10(12,7-14)6-13-9(15)5-8-1-3-16-4-2-8/h8,14H,1-7H2,(H,13,15). The average molecular weight is 253 g/mol. The number of carbonyl (C=O) groups excluding carboxylic acids is 1. The van der Waals surface area contributed by atoms with Crippen molar-refractivity contribution < 1.29 is 18.7 Å². The molecule has 94 valence electrons. The molecule has 1 aliphatic rings. The van der Waals surface area contributed by atoms with E-state index in [1.165, 1.54) is 0 Å². The van der Waals surface area contributed by atoms with Crippen LogP contribution >= 0.6 is 11.8 Å². The molecule has 1 saturated heterocycles. The third-order valence-corrected chi connectivity index (χ3v) is 3.64. The second-order valence-electron chi connectivity index (χ2n) is 4.05. The van der Waals surface area contributed by atoms with Gasteiger partial charge in [0.2, 0.25) is 5.91 Å². The fraction of sp³-hybridized carbons (Fsp3) is 0.900. The third kappa shape index (κ3) is 5.12. The molecular weight excluding hydrogens is 236 g/mol. The van der Waals surface area contributed by atoms with Crippen LogP contribution in [0.1, 0.15) is 19.3 Å². The second-order valence-corrected chi connectivity index (χ2v) is 5.28. The van der Waals surface area contributed by atoms with Crippen molar-refractivity contribution in [2.75, 3.05) is 24.7 Å². The Balaban J connectivity index is 2.19. The molecule has 1 amide bonds. The second kappa shape index (κ2) is 6.39. The number of thioether (sulfide) groups is 1. The zero-order valence-corrected chi connectivity index (χ0v) is 9.86. The molecule has 16 heavy (non-hydrogen) atoms. The lowest BCUT2D eigenvalue weighted by Gasteiger charge is -2.21. The van der Waals surface area contributed by atoms with Crippen molar-refractivity contribution in [1.29, 1.82) is 0 Å². The summed E-state index contributed by atoms with van der Waals surface area (Å²) in [4.78, 5) is 11.3. The number of nitrogens with one attached hydrogen (secondary N) is 1. The lowest BCUT2D eigenvalue weighted by Crippen LogP contribution is -2.39. The van der Waals surface area contributed by atoms with Gasteiger partial charge in [0, 0.05) is 6.42 Å². The summed E-state index contributed by atoms with van der Waals surface area (Å²) in [5, 5.41) is 10.5. The minimum Gasteiger partial charge on any atom is -0.390 e. The van der Waals surface area contributed by atoms with Gasteiger partial charge >= 0.3 is 0 Å². The van der Waals surface area contributed by atoms with Crippen LogP contribution in [0.25, 0.3) is 0 Å². The number of alkyl halides is 2. The van der Waals surface area contributed by atoms with E-state index in [4.69, 9.17) is 5.11 Å². The topological polar surface area (TPSA) is 49.3 Å². The minimum atomic E-state index is -3.21. The summed E-state index contributed by atoms with van der Waals surface area (Å²) < 4.78 is 25.2. The van der Waals surface area contributed by atoms with Crippen LogP contribution in [0.3, 0.4) is 0 Å². The zero-order valence-electron chi connectivity index (χ0n) is 9.05. The number of hydrogen-bond donors (Lipinski definition) is 2. The largest absolute Gasteiger partial charge is 0.390 e.